The normalized spacial score (nSPS) is 19.0. The lowest BCUT2D eigenvalue weighted by Crippen LogP contribution is -2.51. The highest BCUT2D eigenvalue weighted by Crippen LogP contribution is 2.47. The molecule has 0 saturated carbocycles. The highest BCUT2D eigenvalue weighted by atomic mass is 79.9. The summed E-state index contributed by atoms with van der Waals surface area (Å²) in [5.41, 5.74) is 0.638. The largest absolute Gasteiger partial charge is 0.492 e. The number of fused-ring (bicyclic) bond motifs is 2. The molecule has 1 atom stereocenters. The van der Waals surface area contributed by atoms with Crippen LogP contribution >= 0.6 is 15.9 Å². The number of alkyl halides is 3. The number of amides is 1. The number of likely N-dealkylation sites (tertiary alicyclic amines) is 1. The maximum absolute atomic E-state index is 13.0. The number of rotatable bonds is 4. The van der Waals surface area contributed by atoms with Gasteiger partial charge in [0.1, 0.15) is 5.75 Å². The van der Waals surface area contributed by atoms with E-state index in [-0.39, 0.29) is 17.4 Å². The molecule has 0 aliphatic carbocycles. The smallest absolute Gasteiger partial charge is 0.416 e. The predicted octanol–water partition coefficient (Wildman–Crippen LogP) is 5.61. The molecular formula is C23H24BrF3N2O2. The van der Waals surface area contributed by atoms with E-state index in [9.17, 15) is 18.0 Å². The second-order valence-corrected chi connectivity index (χ2v) is 9.15. The van der Waals surface area contributed by atoms with E-state index in [1.807, 2.05) is 31.2 Å². The van der Waals surface area contributed by atoms with E-state index in [1.165, 1.54) is 0 Å². The maximum Gasteiger partial charge on any atom is 0.416 e. The molecule has 1 unspecified atom stereocenters. The number of carbonyl (C=O) groups excluding carboxylic acids is 1. The molecule has 4 nitrogen and oxygen atoms in total. The van der Waals surface area contributed by atoms with E-state index in [2.05, 4.69) is 26.1 Å². The molecule has 8 heteroatoms. The Morgan fingerprint density at radius 2 is 1.87 bits per heavy atom. The molecule has 166 valence electrons. The van der Waals surface area contributed by atoms with Crippen LogP contribution in [-0.2, 0) is 16.4 Å². The van der Waals surface area contributed by atoms with Gasteiger partial charge in [0, 0.05) is 21.1 Å². The van der Waals surface area contributed by atoms with Crippen LogP contribution in [0.1, 0.15) is 37.3 Å². The number of halogens is 4. The molecule has 1 N–H and O–H groups in total. The summed E-state index contributed by atoms with van der Waals surface area (Å²) in [5, 5.41) is 2.98. The second kappa shape index (κ2) is 8.47. The van der Waals surface area contributed by atoms with Crippen molar-refractivity contribution in [3.05, 3.63) is 58.1 Å². The first kappa shape index (κ1) is 22.1. The van der Waals surface area contributed by atoms with Gasteiger partial charge in [0.15, 0.2) is 0 Å². The summed E-state index contributed by atoms with van der Waals surface area (Å²) < 4.78 is 45.7. The fourth-order valence-corrected chi connectivity index (χ4v) is 4.86. The van der Waals surface area contributed by atoms with Gasteiger partial charge in [0.05, 0.1) is 18.2 Å². The van der Waals surface area contributed by atoms with Gasteiger partial charge in [0.25, 0.3) is 0 Å². The van der Waals surface area contributed by atoms with Crippen molar-refractivity contribution >= 4 is 27.5 Å². The Kier molecular flexibility index (Phi) is 6.05. The molecule has 2 aliphatic rings. The molecule has 2 aliphatic heterocycles. The minimum atomic E-state index is -4.38. The Morgan fingerprint density at radius 1 is 1.19 bits per heavy atom. The molecule has 0 radical (unpaired) electrons. The topological polar surface area (TPSA) is 41.6 Å². The van der Waals surface area contributed by atoms with Crippen molar-refractivity contribution in [2.24, 2.45) is 0 Å². The van der Waals surface area contributed by atoms with Crippen LogP contribution in [0.2, 0.25) is 0 Å². The van der Waals surface area contributed by atoms with Crippen LogP contribution in [0.25, 0.3) is 0 Å². The first-order chi connectivity index (χ1) is 14.7. The van der Waals surface area contributed by atoms with Gasteiger partial charge in [-0.25, -0.2) is 0 Å². The van der Waals surface area contributed by atoms with Gasteiger partial charge >= 0.3 is 6.18 Å². The monoisotopic (exact) mass is 496 g/mol. The average Bonchev–Trinajstić information content (AvgIpc) is 3.09. The number of nitrogens with zero attached hydrogens (tertiary/aromatic N) is 1. The van der Waals surface area contributed by atoms with Crippen LogP contribution in [-0.4, -0.2) is 36.5 Å². The summed E-state index contributed by atoms with van der Waals surface area (Å²) in [6.07, 6.45) is -2.22. The quantitative estimate of drug-likeness (QED) is 0.597. The Balaban J connectivity index is 1.43. The first-order valence-corrected chi connectivity index (χ1v) is 11.2. The van der Waals surface area contributed by atoms with Gasteiger partial charge in [-0.1, -0.05) is 28.9 Å². The SMILES string of the molecule is CCC(C(=O)Nc1ccc(Br)cc1)N1CCC2(CC1)COc1cc(C(F)(F)F)ccc12. The maximum atomic E-state index is 13.0. The van der Waals surface area contributed by atoms with E-state index in [1.54, 1.807) is 6.07 Å². The molecule has 2 heterocycles. The number of hydrogen-bond acceptors (Lipinski definition) is 3. The standard InChI is InChI=1S/C23H24BrF3N2O2/c1-2-19(21(30)28-17-6-4-16(24)5-7-17)29-11-9-22(10-12-29)14-31-20-13-15(23(25,26)27)3-8-18(20)22/h3-8,13,19H,2,9-12,14H2,1H3,(H,28,30). The lowest BCUT2D eigenvalue weighted by molar-refractivity contribution is -0.137. The molecule has 1 saturated heterocycles. The highest BCUT2D eigenvalue weighted by molar-refractivity contribution is 9.10. The average molecular weight is 497 g/mol. The lowest BCUT2D eigenvalue weighted by atomic mass is 9.74. The van der Waals surface area contributed by atoms with E-state index in [0.29, 0.717) is 31.9 Å². The third-order valence-corrected chi connectivity index (χ3v) is 6.91. The number of benzene rings is 2. The number of nitrogens with one attached hydrogen (secondary N) is 1. The molecule has 1 fully saturated rings. The van der Waals surface area contributed by atoms with Gasteiger partial charge in [-0.2, -0.15) is 13.2 Å². The molecule has 2 aromatic carbocycles. The van der Waals surface area contributed by atoms with E-state index >= 15 is 0 Å². The van der Waals surface area contributed by atoms with E-state index in [4.69, 9.17) is 4.74 Å². The Labute approximate surface area is 187 Å². The van der Waals surface area contributed by atoms with E-state index in [0.717, 1.165) is 40.7 Å². The summed E-state index contributed by atoms with van der Waals surface area (Å²) in [6, 6.07) is 11.0. The number of carbonyl (C=O) groups is 1. The van der Waals surface area contributed by atoms with Crippen molar-refractivity contribution in [2.75, 3.05) is 25.0 Å². The molecular weight excluding hydrogens is 473 g/mol. The minimum Gasteiger partial charge on any atom is -0.492 e. The summed E-state index contributed by atoms with van der Waals surface area (Å²) >= 11 is 3.38. The van der Waals surface area contributed by atoms with Crippen molar-refractivity contribution in [1.29, 1.82) is 0 Å². The van der Waals surface area contributed by atoms with Crippen molar-refractivity contribution in [2.45, 2.75) is 43.8 Å². The summed E-state index contributed by atoms with van der Waals surface area (Å²) in [5.74, 6) is 0.293. The Hall–Kier alpha value is -2.06. The van der Waals surface area contributed by atoms with Crippen LogP contribution in [0.3, 0.4) is 0 Å². The first-order valence-electron chi connectivity index (χ1n) is 10.4. The van der Waals surface area contributed by atoms with Gasteiger partial charge < -0.3 is 10.1 Å². The summed E-state index contributed by atoms with van der Waals surface area (Å²) in [6.45, 7) is 3.76. The lowest BCUT2D eigenvalue weighted by Gasteiger charge is -2.41. The number of hydrogen-bond donors (Lipinski definition) is 1. The van der Waals surface area contributed by atoms with Gasteiger partial charge in [-0.05, 0) is 68.8 Å². The van der Waals surface area contributed by atoms with Crippen molar-refractivity contribution in [3.8, 4) is 5.75 Å². The van der Waals surface area contributed by atoms with Crippen molar-refractivity contribution in [1.82, 2.24) is 4.90 Å². The van der Waals surface area contributed by atoms with Crippen LogP contribution in [0.5, 0.6) is 5.75 Å². The Bertz CT molecular complexity index is 954. The van der Waals surface area contributed by atoms with Crippen LogP contribution in [0.15, 0.2) is 46.9 Å². The molecule has 4 rings (SSSR count). The Morgan fingerprint density at radius 3 is 2.48 bits per heavy atom. The molecule has 0 aromatic heterocycles. The zero-order chi connectivity index (χ0) is 22.2. The van der Waals surface area contributed by atoms with Crippen LogP contribution < -0.4 is 10.1 Å². The highest BCUT2D eigenvalue weighted by Gasteiger charge is 2.45. The third-order valence-electron chi connectivity index (χ3n) is 6.38. The van der Waals surface area contributed by atoms with E-state index < -0.39 is 11.7 Å². The fourth-order valence-electron chi connectivity index (χ4n) is 4.60. The zero-order valence-electron chi connectivity index (χ0n) is 17.1. The molecule has 1 spiro atoms. The zero-order valence-corrected chi connectivity index (χ0v) is 18.7. The van der Waals surface area contributed by atoms with Gasteiger partial charge in [-0.15, -0.1) is 0 Å². The molecule has 0 bridgehead atoms. The minimum absolute atomic E-state index is 0.0429. The van der Waals surface area contributed by atoms with Crippen molar-refractivity contribution in [3.63, 3.8) is 0 Å². The number of piperidine rings is 1. The van der Waals surface area contributed by atoms with Gasteiger partial charge in [0.2, 0.25) is 5.91 Å². The summed E-state index contributed by atoms with van der Waals surface area (Å²) in [4.78, 5) is 15.0. The van der Waals surface area contributed by atoms with Crippen LogP contribution in [0, 0.1) is 0 Å². The number of ether oxygens (including phenoxy) is 1. The van der Waals surface area contributed by atoms with Gasteiger partial charge in [-0.3, -0.25) is 9.69 Å². The molecule has 1 amide bonds. The second-order valence-electron chi connectivity index (χ2n) is 8.23. The fraction of sp³-hybridized carbons (Fsp3) is 0.435. The molecule has 31 heavy (non-hydrogen) atoms. The summed E-state index contributed by atoms with van der Waals surface area (Å²) in [7, 11) is 0. The van der Waals surface area contributed by atoms with Crippen LogP contribution in [0.4, 0.5) is 18.9 Å². The predicted molar refractivity (Wildman–Crippen MR) is 116 cm³/mol. The number of anilines is 1. The molecule has 2 aromatic rings. The van der Waals surface area contributed by atoms with Crippen molar-refractivity contribution < 1.29 is 22.7 Å². The third kappa shape index (κ3) is 4.46.